The highest BCUT2D eigenvalue weighted by atomic mass is 16.5. The Hall–Kier alpha value is -7.30. The van der Waals surface area contributed by atoms with Crippen LogP contribution in [-0.4, -0.2) is 24.8 Å². The fourth-order valence-corrected chi connectivity index (χ4v) is 9.10. The largest absolute Gasteiger partial charge is 0.485 e. The Bertz CT molecular complexity index is 3310. The predicted molar refractivity (Wildman–Crippen MR) is 233 cm³/mol. The van der Waals surface area contributed by atoms with Crippen molar-refractivity contribution in [3.8, 4) is 11.5 Å². The quantitative estimate of drug-likeness (QED) is 0.0797. The summed E-state index contributed by atoms with van der Waals surface area (Å²) in [5.41, 5.74) is 3.13. The van der Waals surface area contributed by atoms with Gasteiger partial charge in [-0.15, -0.1) is 0 Å². The Morgan fingerprint density at radius 1 is 0.333 bits per heavy atom. The van der Waals surface area contributed by atoms with Gasteiger partial charge in [0.1, 0.15) is 11.5 Å². The van der Waals surface area contributed by atoms with E-state index in [0.717, 1.165) is 59.6 Å². The second-order valence-corrected chi connectivity index (χ2v) is 14.9. The normalized spacial score (nSPS) is 11.9. The molecule has 11 aromatic rings. The van der Waals surface area contributed by atoms with Crippen molar-refractivity contribution in [3.63, 3.8) is 0 Å². The average molecular weight is 735 g/mol. The van der Waals surface area contributed by atoms with Crippen LogP contribution in [0.25, 0.3) is 75.4 Å². The molecule has 0 N–H and O–H groups in total. The van der Waals surface area contributed by atoms with Crippen molar-refractivity contribution in [2.24, 2.45) is 0 Å². The lowest BCUT2D eigenvalue weighted by Gasteiger charge is -2.17. The predicted octanol–water partition coefficient (Wildman–Crippen LogP) is 12.7. The molecule has 0 atom stereocenters. The second-order valence-electron chi connectivity index (χ2n) is 14.9. The summed E-state index contributed by atoms with van der Waals surface area (Å²) in [6.07, 6.45) is 0.499. The smallest absolute Gasteiger partial charge is 0.200 e. The van der Waals surface area contributed by atoms with E-state index in [1.807, 2.05) is 78.9 Å². The number of hydrogen-bond acceptors (Lipinski definition) is 4. The van der Waals surface area contributed by atoms with E-state index in [9.17, 15) is 9.59 Å². The summed E-state index contributed by atoms with van der Waals surface area (Å²) < 4.78 is 12.6. The number of fused-ring (bicyclic) bond motifs is 2. The minimum absolute atomic E-state index is 0.0788. The number of benzene rings is 11. The van der Waals surface area contributed by atoms with Crippen LogP contribution >= 0.6 is 0 Å². The summed E-state index contributed by atoms with van der Waals surface area (Å²) in [6, 6.07) is 57.4. The van der Waals surface area contributed by atoms with Gasteiger partial charge in [-0.05, 0) is 98.7 Å². The minimum Gasteiger partial charge on any atom is -0.485 e. The Kier molecular flexibility index (Phi) is 7.65. The number of para-hydroxylation sites is 2. The van der Waals surface area contributed by atoms with Gasteiger partial charge in [-0.1, -0.05) is 158 Å². The summed E-state index contributed by atoms with van der Waals surface area (Å²) in [4.78, 5) is 27.8. The van der Waals surface area contributed by atoms with Crippen molar-refractivity contribution in [2.45, 2.75) is 6.42 Å². The zero-order valence-electron chi connectivity index (χ0n) is 30.9. The SMILES string of the molecule is O=C(COc1ccccc1Cc1ccccc1OCC(=O)c1ccc2ccc3cccc4ccc1c2c34)c1ccc2c3cccc4cccc(c5cccc1c52)c43. The van der Waals surface area contributed by atoms with Crippen molar-refractivity contribution in [1.82, 2.24) is 0 Å². The van der Waals surface area contributed by atoms with Gasteiger partial charge in [-0.3, -0.25) is 9.59 Å². The van der Waals surface area contributed by atoms with Gasteiger partial charge in [-0.2, -0.15) is 0 Å². The van der Waals surface area contributed by atoms with Crippen LogP contribution in [0.3, 0.4) is 0 Å². The fraction of sp³-hybridized carbons (Fsp3) is 0.0566. The van der Waals surface area contributed by atoms with E-state index in [0.29, 0.717) is 29.0 Å². The maximum Gasteiger partial charge on any atom is 0.200 e. The second kappa shape index (κ2) is 13.2. The van der Waals surface area contributed by atoms with Crippen molar-refractivity contribution < 1.29 is 19.1 Å². The van der Waals surface area contributed by atoms with Crippen molar-refractivity contribution in [3.05, 3.63) is 192 Å². The monoisotopic (exact) mass is 734 g/mol. The molecule has 4 nitrogen and oxygen atoms in total. The number of ether oxygens (including phenoxy) is 2. The van der Waals surface area contributed by atoms with Crippen LogP contribution in [0.4, 0.5) is 0 Å². The molecule has 0 aromatic heterocycles. The highest BCUT2D eigenvalue weighted by Crippen LogP contribution is 2.41. The molecule has 11 aromatic carbocycles. The van der Waals surface area contributed by atoms with Gasteiger partial charge in [0.2, 0.25) is 11.6 Å². The molecule has 57 heavy (non-hydrogen) atoms. The van der Waals surface area contributed by atoms with Crippen molar-refractivity contribution in [2.75, 3.05) is 13.2 Å². The first-order chi connectivity index (χ1) is 28.1. The maximum absolute atomic E-state index is 14.0. The van der Waals surface area contributed by atoms with E-state index in [1.54, 1.807) is 0 Å². The summed E-state index contributed by atoms with van der Waals surface area (Å²) >= 11 is 0. The molecule has 0 spiro atoms. The van der Waals surface area contributed by atoms with Gasteiger partial charge in [0, 0.05) is 17.5 Å². The molecule has 0 heterocycles. The molecule has 0 amide bonds. The zero-order chi connectivity index (χ0) is 38.0. The number of Topliss-reactive ketones (excluding diaryl/α,β-unsaturated/α-hetero) is 2. The molecule has 270 valence electrons. The first-order valence-corrected chi connectivity index (χ1v) is 19.3. The molecule has 4 heteroatoms. The maximum atomic E-state index is 14.0. The molecule has 0 saturated heterocycles. The molecule has 0 bridgehead atoms. The summed E-state index contributed by atoms with van der Waals surface area (Å²) in [5.74, 6) is 1.11. The van der Waals surface area contributed by atoms with Crippen molar-refractivity contribution in [1.29, 1.82) is 0 Å². The Balaban J connectivity index is 0.844. The van der Waals surface area contributed by atoms with E-state index < -0.39 is 0 Å². The van der Waals surface area contributed by atoms with Gasteiger partial charge in [0.15, 0.2) is 13.2 Å². The lowest BCUT2D eigenvalue weighted by molar-refractivity contribution is 0.0917. The van der Waals surface area contributed by atoms with Crippen LogP contribution < -0.4 is 9.47 Å². The van der Waals surface area contributed by atoms with Crippen LogP contribution in [-0.2, 0) is 6.42 Å². The van der Waals surface area contributed by atoms with Gasteiger partial charge in [0.25, 0.3) is 0 Å². The van der Waals surface area contributed by atoms with E-state index in [4.69, 9.17) is 9.47 Å². The molecule has 0 radical (unpaired) electrons. The van der Waals surface area contributed by atoms with Gasteiger partial charge >= 0.3 is 0 Å². The Morgan fingerprint density at radius 2 is 0.737 bits per heavy atom. The van der Waals surface area contributed by atoms with Gasteiger partial charge in [-0.25, -0.2) is 0 Å². The van der Waals surface area contributed by atoms with Crippen LogP contribution in [0.2, 0.25) is 0 Å². The van der Waals surface area contributed by atoms with Gasteiger partial charge < -0.3 is 9.47 Å². The lowest BCUT2D eigenvalue weighted by atomic mass is 9.88. The molecule has 0 aliphatic heterocycles. The topological polar surface area (TPSA) is 52.6 Å². The summed E-state index contributed by atoms with van der Waals surface area (Å²) in [5, 5.41) is 15.8. The molecule has 11 rings (SSSR count). The van der Waals surface area contributed by atoms with Crippen LogP contribution in [0, 0.1) is 0 Å². The molecule has 0 aliphatic carbocycles. The first kappa shape index (κ1) is 33.1. The number of rotatable bonds is 10. The van der Waals surface area contributed by atoms with E-state index in [1.165, 1.54) is 26.9 Å². The molecular formula is C53H34O4. The standard InChI is InChI=1S/C53H34O4/c54-46(38-25-23-35-22-21-33-11-5-12-34-24-26-44(38)52(35)50(33)34)30-56-48-19-3-1-9-36(48)29-37-10-2-4-20-49(37)57-31-47(55)39-27-28-45-42-16-7-14-32-13-6-15-41(51(32)42)43-18-8-17-40(39)53(43)45/h1-28H,29-31H2. The van der Waals surface area contributed by atoms with Crippen LogP contribution in [0.5, 0.6) is 11.5 Å². The molecular weight excluding hydrogens is 701 g/mol. The van der Waals surface area contributed by atoms with Gasteiger partial charge in [0.05, 0.1) is 0 Å². The Morgan fingerprint density at radius 3 is 1.37 bits per heavy atom. The molecule has 0 unspecified atom stereocenters. The fourth-order valence-electron chi connectivity index (χ4n) is 9.10. The number of carbonyl (C=O) groups is 2. The first-order valence-electron chi connectivity index (χ1n) is 19.3. The lowest BCUT2D eigenvalue weighted by Crippen LogP contribution is -2.14. The average Bonchev–Trinajstić information content (AvgIpc) is 3.26. The van der Waals surface area contributed by atoms with E-state index >= 15 is 0 Å². The highest BCUT2D eigenvalue weighted by Gasteiger charge is 2.20. The molecule has 0 fully saturated rings. The minimum atomic E-state index is -0.103. The highest BCUT2D eigenvalue weighted by molar-refractivity contribution is 6.34. The number of carbonyl (C=O) groups excluding carboxylic acids is 2. The van der Waals surface area contributed by atoms with Crippen LogP contribution in [0.15, 0.2) is 170 Å². The number of hydrogen-bond donors (Lipinski definition) is 0. The van der Waals surface area contributed by atoms with E-state index in [2.05, 4.69) is 91.0 Å². The van der Waals surface area contributed by atoms with Crippen LogP contribution in [0.1, 0.15) is 31.8 Å². The Labute approximate surface area is 328 Å². The third-order valence-electron chi connectivity index (χ3n) is 11.7. The number of ketones is 2. The van der Waals surface area contributed by atoms with Crippen molar-refractivity contribution >= 4 is 87.0 Å². The third kappa shape index (κ3) is 5.37. The molecule has 0 aliphatic rings. The summed E-state index contributed by atoms with van der Waals surface area (Å²) in [7, 11) is 0. The third-order valence-corrected chi connectivity index (χ3v) is 11.7. The molecule has 0 saturated carbocycles. The van der Waals surface area contributed by atoms with E-state index in [-0.39, 0.29) is 24.8 Å². The summed E-state index contributed by atoms with van der Waals surface area (Å²) in [6.45, 7) is -0.198. The zero-order valence-corrected chi connectivity index (χ0v) is 30.9.